The average molecular weight is 399 g/mol. The van der Waals surface area contributed by atoms with E-state index in [1.54, 1.807) is 11.0 Å². The molecule has 154 valence electrons. The van der Waals surface area contributed by atoms with E-state index < -0.39 is 11.6 Å². The fourth-order valence-corrected chi connectivity index (χ4v) is 3.56. The number of hydrogen-bond donors (Lipinski definition) is 1. The summed E-state index contributed by atoms with van der Waals surface area (Å²) >= 11 is 0. The minimum Gasteiger partial charge on any atom is -0.334 e. The highest BCUT2D eigenvalue weighted by molar-refractivity contribution is 5.74. The van der Waals surface area contributed by atoms with Crippen LogP contribution in [0, 0.1) is 11.6 Å². The molecule has 6 heteroatoms. The number of urea groups is 1. The zero-order valence-corrected chi connectivity index (χ0v) is 16.7. The Bertz CT molecular complexity index is 846. The number of rotatable bonds is 6. The molecule has 29 heavy (non-hydrogen) atoms. The Morgan fingerprint density at radius 3 is 2.52 bits per heavy atom. The van der Waals surface area contributed by atoms with Gasteiger partial charge in [-0.3, -0.25) is 0 Å². The van der Waals surface area contributed by atoms with Crippen molar-refractivity contribution in [2.75, 3.05) is 20.1 Å². The molecular weight excluding hydrogens is 372 g/mol. The Morgan fingerprint density at radius 1 is 1.21 bits per heavy atom. The van der Waals surface area contributed by atoms with Gasteiger partial charge in [-0.1, -0.05) is 43.0 Å². The molecule has 3 rings (SSSR count). The Balaban J connectivity index is 1.72. The number of nitrogens with one attached hydrogen (secondary N) is 1. The van der Waals surface area contributed by atoms with Crippen LogP contribution >= 0.6 is 0 Å². The number of benzene rings is 2. The fraction of sp³-hybridized carbons (Fsp3) is 0.348. The molecule has 1 saturated heterocycles. The van der Waals surface area contributed by atoms with Gasteiger partial charge in [0.1, 0.15) is 11.6 Å². The van der Waals surface area contributed by atoms with Crippen molar-refractivity contribution in [3.63, 3.8) is 0 Å². The molecule has 0 atom stereocenters. The van der Waals surface area contributed by atoms with E-state index >= 15 is 0 Å². The second-order valence-electron chi connectivity index (χ2n) is 7.50. The number of piperidine rings is 1. The molecule has 4 nitrogen and oxygen atoms in total. The molecule has 0 spiro atoms. The van der Waals surface area contributed by atoms with Crippen LogP contribution in [0.4, 0.5) is 13.6 Å². The number of carbonyl (C=O) groups excluding carboxylic acids is 1. The molecule has 0 aliphatic carbocycles. The first-order valence-electron chi connectivity index (χ1n) is 9.84. The zero-order valence-electron chi connectivity index (χ0n) is 16.7. The average Bonchev–Trinajstić information content (AvgIpc) is 2.73. The van der Waals surface area contributed by atoms with Crippen LogP contribution < -0.4 is 5.32 Å². The first kappa shape index (κ1) is 21.0. The molecular formula is C23H27F2N3O. The summed E-state index contributed by atoms with van der Waals surface area (Å²) in [6, 6.07) is 11.0. The third-order valence-corrected chi connectivity index (χ3v) is 5.40. The van der Waals surface area contributed by atoms with E-state index in [0.29, 0.717) is 12.1 Å². The van der Waals surface area contributed by atoms with Crippen molar-refractivity contribution in [1.82, 2.24) is 15.1 Å². The third-order valence-electron chi connectivity index (χ3n) is 5.40. The van der Waals surface area contributed by atoms with Gasteiger partial charge in [0.2, 0.25) is 0 Å². The quantitative estimate of drug-likeness (QED) is 0.781. The lowest BCUT2D eigenvalue weighted by atomic mass is 10.0. The minimum absolute atomic E-state index is 0.0128. The molecule has 2 amide bonds. The lowest BCUT2D eigenvalue weighted by molar-refractivity contribution is 0.126. The summed E-state index contributed by atoms with van der Waals surface area (Å²) in [7, 11) is 2.05. The lowest BCUT2D eigenvalue weighted by Gasteiger charge is -2.37. The molecule has 1 aliphatic heterocycles. The predicted molar refractivity (Wildman–Crippen MR) is 111 cm³/mol. The smallest absolute Gasteiger partial charge is 0.318 e. The third kappa shape index (κ3) is 5.64. The monoisotopic (exact) mass is 399 g/mol. The van der Waals surface area contributed by atoms with Crippen molar-refractivity contribution in [3.05, 3.63) is 77.4 Å². The van der Waals surface area contributed by atoms with Crippen molar-refractivity contribution in [2.24, 2.45) is 0 Å². The summed E-state index contributed by atoms with van der Waals surface area (Å²) in [4.78, 5) is 16.9. The normalized spacial score (nSPS) is 15.1. The summed E-state index contributed by atoms with van der Waals surface area (Å²) < 4.78 is 27.5. The van der Waals surface area contributed by atoms with Crippen LogP contribution in [-0.4, -0.2) is 42.0 Å². The van der Waals surface area contributed by atoms with Gasteiger partial charge in [-0.2, -0.15) is 0 Å². The van der Waals surface area contributed by atoms with Gasteiger partial charge >= 0.3 is 6.03 Å². The molecule has 1 fully saturated rings. The number of carbonyl (C=O) groups is 1. The van der Waals surface area contributed by atoms with E-state index in [1.807, 2.05) is 31.3 Å². The highest BCUT2D eigenvalue weighted by Gasteiger charge is 2.27. The maximum absolute atomic E-state index is 14.2. The summed E-state index contributed by atoms with van der Waals surface area (Å²) in [6.45, 7) is 5.98. The maximum atomic E-state index is 14.2. The Kier molecular flexibility index (Phi) is 6.99. The van der Waals surface area contributed by atoms with E-state index in [4.69, 9.17) is 0 Å². The van der Waals surface area contributed by atoms with Crippen LogP contribution in [0.25, 0.3) is 6.08 Å². The first-order valence-corrected chi connectivity index (χ1v) is 9.84. The maximum Gasteiger partial charge on any atom is 0.318 e. The Hall–Kier alpha value is -2.73. The number of likely N-dealkylation sites (tertiary alicyclic amines) is 1. The summed E-state index contributed by atoms with van der Waals surface area (Å²) in [5.74, 6) is -1.25. The molecule has 2 aromatic carbocycles. The topological polar surface area (TPSA) is 35.6 Å². The molecule has 1 aliphatic rings. The van der Waals surface area contributed by atoms with Gasteiger partial charge in [0.05, 0.1) is 6.54 Å². The summed E-state index contributed by atoms with van der Waals surface area (Å²) in [5.41, 5.74) is 2.30. The van der Waals surface area contributed by atoms with E-state index in [9.17, 15) is 13.6 Å². The number of hydrogen-bond acceptors (Lipinski definition) is 2. The van der Waals surface area contributed by atoms with E-state index in [1.165, 1.54) is 12.1 Å². The van der Waals surface area contributed by atoms with Crippen molar-refractivity contribution < 1.29 is 13.6 Å². The van der Waals surface area contributed by atoms with Crippen LogP contribution in [-0.2, 0) is 13.1 Å². The molecule has 1 N–H and O–H groups in total. The molecule has 0 radical (unpaired) electrons. The minimum atomic E-state index is -0.629. The van der Waals surface area contributed by atoms with Crippen LogP contribution in [0.2, 0.25) is 0 Å². The highest BCUT2D eigenvalue weighted by atomic mass is 19.1. The fourth-order valence-electron chi connectivity index (χ4n) is 3.56. The van der Waals surface area contributed by atoms with Gasteiger partial charge in [0.15, 0.2) is 0 Å². The van der Waals surface area contributed by atoms with Crippen LogP contribution in [0.1, 0.15) is 29.5 Å². The zero-order chi connectivity index (χ0) is 20.8. The van der Waals surface area contributed by atoms with Crippen LogP contribution in [0.15, 0.2) is 49.0 Å². The largest absolute Gasteiger partial charge is 0.334 e. The molecule has 0 bridgehead atoms. The lowest BCUT2D eigenvalue weighted by Crippen LogP contribution is -2.49. The molecule has 1 heterocycles. The number of halogens is 2. The van der Waals surface area contributed by atoms with Gasteiger partial charge < -0.3 is 15.1 Å². The second-order valence-corrected chi connectivity index (χ2v) is 7.50. The highest BCUT2D eigenvalue weighted by Crippen LogP contribution is 2.20. The van der Waals surface area contributed by atoms with E-state index in [-0.39, 0.29) is 18.6 Å². The van der Waals surface area contributed by atoms with Gasteiger partial charge in [0.25, 0.3) is 0 Å². The Morgan fingerprint density at radius 2 is 1.90 bits per heavy atom. The van der Waals surface area contributed by atoms with Crippen molar-refractivity contribution >= 4 is 12.1 Å². The molecule has 0 aromatic heterocycles. The number of amides is 2. The van der Waals surface area contributed by atoms with Crippen LogP contribution in [0.5, 0.6) is 0 Å². The first-order chi connectivity index (χ1) is 14.0. The van der Waals surface area contributed by atoms with Gasteiger partial charge in [-0.15, -0.1) is 0 Å². The van der Waals surface area contributed by atoms with Crippen molar-refractivity contribution in [1.29, 1.82) is 0 Å². The standard InChI is InChI=1S/C23H27F2N3O/c1-3-17-4-6-18(7-5-17)15-26-23(29)28(21-10-12-27(2)13-11-21)16-19-8-9-20(24)14-22(19)25/h3-9,14,21H,1,10-13,15-16H2,2H3,(H,26,29). The number of nitrogens with zero attached hydrogens (tertiary/aromatic N) is 2. The van der Waals surface area contributed by atoms with Gasteiger partial charge in [-0.05, 0) is 50.2 Å². The molecule has 0 saturated carbocycles. The second kappa shape index (κ2) is 9.65. The Labute approximate surface area is 170 Å². The van der Waals surface area contributed by atoms with Gasteiger partial charge in [-0.25, -0.2) is 13.6 Å². The van der Waals surface area contributed by atoms with E-state index in [0.717, 1.165) is 43.1 Å². The van der Waals surface area contributed by atoms with Crippen LogP contribution in [0.3, 0.4) is 0 Å². The predicted octanol–water partition coefficient (Wildman–Crippen LogP) is 4.41. The van der Waals surface area contributed by atoms with E-state index in [2.05, 4.69) is 16.8 Å². The van der Waals surface area contributed by atoms with Crippen molar-refractivity contribution in [2.45, 2.75) is 32.0 Å². The SMILES string of the molecule is C=Cc1ccc(CNC(=O)N(Cc2ccc(F)cc2F)C2CCN(C)CC2)cc1. The summed E-state index contributed by atoms with van der Waals surface area (Å²) in [5, 5.41) is 2.95. The molecule has 0 unspecified atom stereocenters. The molecule has 2 aromatic rings. The summed E-state index contributed by atoms with van der Waals surface area (Å²) in [6.07, 6.45) is 3.41. The van der Waals surface area contributed by atoms with Crippen molar-refractivity contribution in [3.8, 4) is 0 Å². The van der Waals surface area contributed by atoms with Gasteiger partial charge in [0, 0.05) is 24.2 Å².